The summed E-state index contributed by atoms with van der Waals surface area (Å²) in [6.07, 6.45) is -4.26. The smallest absolute Gasteiger partial charge is 0.330 e. The zero-order chi connectivity index (χ0) is 13.4. The highest BCUT2D eigenvalue weighted by Crippen LogP contribution is 2.28. The number of nitrogens with zero attached hydrogens (tertiary/aromatic N) is 1. The van der Waals surface area contributed by atoms with Gasteiger partial charge in [0.2, 0.25) is 0 Å². The zero-order valence-electron chi connectivity index (χ0n) is 8.95. The van der Waals surface area contributed by atoms with Gasteiger partial charge in [-0.1, -0.05) is 11.6 Å². The molecular weight excluding hydrogens is 268 g/mol. The summed E-state index contributed by atoms with van der Waals surface area (Å²) in [6, 6.07) is 0. The highest BCUT2D eigenvalue weighted by atomic mass is 35.5. The Morgan fingerprint density at radius 2 is 2.06 bits per heavy atom. The molecule has 1 aromatic rings. The van der Waals surface area contributed by atoms with Crippen molar-refractivity contribution in [1.29, 1.82) is 0 Å². The first-order chi connectivity index (χ1) is 8.45. The van der Waals surface area contributed by atoms with Crippen LogP contribution in [0, 0.1) is 0 Å². The molecule has 2 heterocycles. The highest BCUT2D eigenvalue weighted by Gasteiger charge is 2.44. The van der Waals surface area contributed by atoms with Crippen molar-refractivity contribution in [3.63, 3.8) is 0 Å². The minimum absolute atomic E-state index is 0.273. The third-order valence-electron chi connectivity index (χ3n) is 2.70. The number of hydrogen-bond acceptors (Lipinski definition) is 5. The molecule has 0 bridgehead atoms. The number of nitrogens with one attached hydrogen (secondary N) is 1. The van der Waals surface area contributed by atoms with Crippen LogP contribution in [0.1, 0.15) is 6.23 Å². The maximum absolute atomic E-state index is 11.5. The topological polar surface area (TPSA) is 124 Å². The summed E-state index contributed by atoms with van der Waals surface area (Å²) in [6.45, 7) is -0.763. The largest absolute Gasteiger partial charge is 0.387 e. The van der Waals surface area contributed by atoms with Gasteiger partial charge in [0.15, 0.2) is 6.23 Å². The maximum Gasteiger partial charge on any atom is 0.330 e. The van der Waals surface area contributed by atoms with Crippen LogP contribution in [0.4, 0.5) is 0 Å². The van der Waals surface area contributed by atoms with Crippen molar-refractivity contribution in [3.8, 4) is 0 Å². The van der Waals surface area contributed by atoms with Gasteiger partial charge in [0.1, 0.15) is 29.9 Å². The second kappa shape index (κ2) is 4.82. The van der Waals surface area contributed by atoms with E-state index < -0.39 is 42.4 Å². The zero-order valence-corrected chi connectivity index (χ0v) is 9.70. The number of aliphatic hydroxyl groups excluding tert-OH is 2. The first-order valence-electron chi connectivity index (χ1n) is 5.06. The van der Waals surface area contributed by atoms with Crippen LogP contribution in [0.15, 0.2) is 15.8 Å². The number of hydrogen-bond donors (Lipinski definition) is 3. The second-order valence-electron chi connectivity index (χ2n) is 3.86. The Balaban J connectivity index is 2.42. The lowest BCUT2D eigenvalue weighted by Crippen LogP contribution is -2.38. The van der Waals surface area contributed by atoms with Gasteiger partial charge in [-0.25, -0.2) is 9.90 Å². The second-order valence-corrected chi connectivity index (χ2v) is 4.26. The van der Waals surface area contributed by atoms with Crippen LogP contribution >= 0.6 is 11.6 Å². The fourth-order valence-corrected chi connectivity index (χ4v) is 1.90. The number of aromatic nitrogens is 2. The van der Waals surface area contributed by atoms with Crippen LogP contribution in [-0.4, -0.2) is 44.7 Å². The molecule has 9 heteroatoms. The lowest BCUT2D eigenvalue weighted by molar-refractivity contribution is -0.0655. The van der Waals surface area contributed by atoms with Crippen LogP contribution in [0.2, 0.25) is 5.02 Å². The standard InChI is InChI=1S/C9H10ClN2O6/c10-3-1-12(9(17)11-7(3)16)8-6(15)5(14)4(2-13)18-8/h1,4-6,8,14-15H,2H2,(H,11,16,17)/t4-,5-,6-,8-/m1/s1. The molecule has 0 unspecified atom stereocenters. The van der Waals surface area contributed by atoms with Gasteiger partial charge < -0.3 is 14.9 Å². The number of rotatable bonds is 2. The summed E-state index contributed by atoms with van der Waals surface area (Å²) < 4.78 is 5.89. The van der Waals surface area contributed by atoms with Gasteiger partial charge in [-0.05, 0) is 0 Å². The van der Waals surface area contributed by atoms with Crippen molar-refractivity contribution in [1.82, 2.24) is 9.55 Å². The maximum atomic E-state index is 11.5. The lowest BCUT2D eigenvalue weighted by atomic mass is 10.1. The van der Waals surface area contributed by atoms with Gasteiger partial charge in [0.25, 0.3) is 5.56 Å². The van der Waals surface area contributed by atoms with E-state index in [0.717, 1.165) is 10.8 Å². The average molecular weight is 278 g/mol. The Morgan fingerprint density at radius 1 is 1.39 bits per heavy atom. The Morgan fingerprint density at radius 3 is 2.61 bits per heavy atom. The minimum atomic E-state index is -1.45. The van der Waals surface area contributed by atoms with Gasteiger partial charge in [-0.3, -0.25) is 14.3 Å². The molecule has 1 fully saturated rings. The molecule has 18 heavy (non-hydrogen) atoms. The van der Waals surface area contributed by atoms with Crippen molar-refractivity contribution >= 4 is 11.6 Å². The molecule has 4 atom stereocenters. The summed E-state index contributed by atoms with van der Waals surface area (Å²) in [7, 11) is 0. The normalized spacial score (nSPS) is 31.8. The molecule has 1 radical (unpaired) electrons. The Hall–Kier alpha value is -1.19. The molecule has 8 nitrogen and oxygen atoms in total. The molecule has 2 rings (SSSR count). The van der Waals surface area contributed by atoms with E-state index in [1.54, 1.807) is 0 Å². The fourth-order valence-electron chi connectivity index (χ4n) is 1.75. The van der Waals surface area contributed by atoms with E-state index in [2.05, 4.69) is 0 Å². The van der Waals surface area contributed by atoms with Gasteiger partial charge in [-0.2, -0.15) is 0 Å². The first-order valence-corrected chi connectivity index (χ1v) is 5.44. The molecule has 0 aliphatic carbocycles. The first kappa shape index (κ1) is 13.2. The fraction of sp³-hybridized carbons (Fsp3) is 0.556. The number of aliphatic hydroxyl groups is 2. The number of ether oxygens (including phenoxy) is 1. The van der Waals surface area contributed by atoms with Crippen molar-refractivity contribution < 1.29 is 20.1 Å². The SMILES string of the molecule is [O]C[C@H]1O[C@@H](n2cc(Cl)c(=O)[nH]c2=O)[C@H](O)[C@@H]1O. The van der Waals surface area contributed by atoms with Crippen molar-refractivity contribution in [3.05, 3.63) is 32.1 Å². The average Bonchev–Trinajstić information content (AvgIpc) is 2.61. The Labute approximate surface area is 105 Å². The van der Waals surface area contributed by atoms with Crippen LogP contribution in [0.25, 0.3) is 0 Å². The third kappa shape index (κ3) is 2.08. The van der Waals surface area contributed by atoms with E-state index in [-0.39, 0.29) is 5.02 Å². The van der Waals surface area contributed by atoms with E-state index in [9.17, 15) is 24.9 Å². The van der Waals surface area contributed by atoms with Gasteiger partial charge >= 0.3 is 5.69 Å². The van der Waals surface area contributed by atoms with Crippen LogP contribution in [0.5, 0.6) is 0 Å². The van der Waals surface area contributed by atoms with Gasteiger partial charge in [0.05, 0.1) is 0 Å². The molecule has 0 saturated carbocycles. The van der Waals surface area contributed by atoms with Gasteiger partial charge in [-0.15, -0.1) is 0 Å². The van der Waals surface area contributed by atoms with Crippen LogP contribution in [0.3, 0.4) is 0 Å². The van der Waals surface area contributed by atoms with E-state index in [1.807, 2.05) is 4.98 Å². The van der Waals surface area contributed by atoms with E-state index in [0.29, 0.717) is 0 Å². The Kier molecular flexibility index (Phi) is 3.55. The monoisotopic (exact) mass is 277 g/mol. The molecule has 1 aliphatic heterocycles. The predicted molar refractivity (Wildman–Crippen MR) is 57.8 cm³/mol. The van der Waals surface area contributed by atoms with E-state index in [1.165, 1.54) is 0 Å². The Bertz CT molecular complexity index is 555. The summed E-state index contributed by atoms with van der Waals surface area (Å²) in [5, 5.41) is 29.6. The molecule has 99 valence electrons. The highest BCUT2D eigenvalue weighted by molar-refractivity contribution is 6.30. The molecule has 0 amide bonds. The molecule has 1 aliphatic rings. The summed E-state index contributed by atoms with van der Waals surface area (Å²) >= 11 is 5.55. The molecular formula is C9H10ClN2O6. The quantitative estimate of drug-likeness (QED) is 0.591. The molecule has 0 aromatic carbocycles. The summed E-state index contributed by atoms with van der Waals surface area (Å²) in [4.78, 5) is 24.5. The van der Waals surface area contributed by atoms with Crippen molar-refractivity contribution in [2.75, 3.05) is 6.61 Å². The summed E-state index contributed by atoms with van der Waals surface area (Å²) in [5.74, 6) is 0. The minimum Gasteiger partial charge on any atom is -0.387 e. The molecule has 1 aromatic heterocycles. The van der Waals surface area contributed by atoms with Crippen molar-refractivity contribution in [2.24, 2.45) is 0 Å². The lowest BCUT2D eigenvalue weighted by Gasteiger charge is -2.16. The molecule has 1 saturated heterocycles. The van der Waals surface area contributed by atoms with Crippen LogP contribution in [-0.2, 0) is 9.84 Å². The third-order valence-corrected chi connectivity index (χ3v) is 2.97. The van der Waals surface area contributed by atoms with Gasteiger partial charge in [0, 0.05) is 6.20 Å². The van der Waals surface area contributed by atoms with E-state index >= 15 is 0 Å². The molecule has 3 N–H and O–H groups in total. The van der Waals surface area contributed by atoms with Crippen LogP contribution < -0.4 is 11.2 Å². The predicted octanol–water partition coefficient (Wildman–Crippen LogP) is -1.76. The summed E-state index contributed by atoms with van der Waals surface area (Å²) in [5.41, 5.74) is -1.63. The number of halogens is 1. The number of H-pyrrole nitrogens is 1. The number of aromatic amines is 1. The van der Waals surface area contributed by atoms with Crippen molar-refractivity contribution in [2.45, 2.75) is 24.5 Å². The molecule has 0 spiro atoms. The van der Waals surface area contributed by atoms with E-state index in [4.69, 9.17) is 16.3 Å².